The largest absolute Gasteiger partial charge is 0.507 e. The van der Waals surface area contributed by atoms with Crippen LogP contribution in [0.15, 0.2) is 78.4 Å². The maximum absolute atomic E-state index is 13.2. The third-order valence-corrected chi connectivity index (χ3v) is 5.91. The van der Waals surface area contributed by atoms with Crippen LogP contribution in [0.5, 0.6) is 17.2 Å². The van der Waals surface area contributed by atoms with Gasteiger partial charge in [-0.15, -0.1) is 0 Å². The molecule has 1 saturated heterocycles. The van der Waals surface area contributed by atoms with E-state index >= 15 is 0 Å². The number of ketones is 1. The molecule has 2 N–H and O–H groups in total. The first-order chi connectivity index (χ1) is 16.4. The van der Waals surface area contributed by atoms with Crippen LogP contribution in [0.4, 0.5) is 0 Å². The van der Waals surface area contributed by atoms with E-state index in [0.717, 1.165) is 5.56 Å². The lowest BCUT2D eigenvalue weighted by Gasteiger charge is -2.26. The van der Waals surface area contributed by atoms with Crippen LogP contribution in [0.1, 0.15) is 22.7 Å². The van der Waals surface area contributed by atoms with E-state index in [4.69, 9.17) is 9.47 Å². The number of hydrogen-bond acceptors (Lipinski definition) is 6. The first-order valence-electron chi connectivity index (χ1n) is 10.8. The molecule has 7 heteroatoms. The maximum atomic E-state index is 13.2. The predicted octanol–water partition coefficient (Wildman–Crippen LogP) is 4.07. The van der Waals surface area contributed by atoms with Crippen LogP contribution in [0, 0.1) is 0 Å². The van der Waals surface area contributed by atoms with Gasteiger partial charge >= 0.3 is 0 Å². The fourth-order valence-electron chi connectivity index (χ4n) is 4.12. The molecule has 1 unspecified atom stereocenters. The zero-order chi connectivity index (χ0) is 24.2. The van der Waals surface area contributed by atoms with E-state index in [1.54, 1.807) is 36.4 Å². The van der Waals surface area contributed by atoms with E-state index in [1.165, 1.54) is 25.2 Å². The number of aromatic hydroxyl groups is 1. The van der Waals surface area contributed by atoms with Crippen molar-refractivity contribution < 1.29 is 29.3 Å². The Balaban J connectivity index is 1.81. The van der Waals surface area contributed by atoms with Gasteiger partial charge in [-0.2, -0.15) is 0 Å². The normalized spacial score (nSPS) is 17.1. The summed E-state index contributed by atoms with van der Waals surface area (Å²) in [4.78, 5) is 27.7. The van der Waals surface area contributed by atoms with Crippen molar-refractivity contribution >= 4 is 17.4 Å². The summed E-state index contributed by atoms with van der Waals surface area (Å²) < 4.78 is 10.4. The fraction of sp³-hybridized carbons (Fsp3) is 0.185. The van der Waals surface area contributed by atoms with Crippen LogP contribution in [-0.4, -0.2) is 47.6 Å². The molecule has 1 fully saturated rings. The van der Waals surface area contributed by atoms with Gasteiger partial charge in [0, 0.05) is 12.1 Å². The number of benzene rings is 3. The number of aliphatic hydroxyl groups excluding tert-OH is 1. The Morgan fingerprint density at radius 3 is 2.29 bits per heavy atom. The number of phenols is 1. The van der Waals surface area contributed by atoms with E-state index in [1.807, 2.05) is 30.3 Å². The Kier molecular flexibility index (Phi) is 6.54. The molecule has 3 aromatic carbocycles. The average Bonchev–Trinajstić information content (AvgIpc) is 3.13. The van der Waals surface area contributed by atoms with Crippen LogP contribution in [0.2, 0.25) is 0 Å². The number of rotatable bonds is 7. The SMILES string of the molecule is COc1ccc(/C(O)=C2\C(=O)C(=O)N(CCc3ccccc3)C2c2ccc(O)c(OC)c2)cc1. The molecule has 174 valence electrons. The minimum absolute atomic E-state index is 0.0176. The van der Waals surface area contributed by atoms with Gasteiger partial charge in [0.05, 0.1) is 25.8 Å². The smallest absolute Gasteiger partial charge is 0.295 e. The van der Waals surface area contributed by atoms with Gasteiger partial charge < -0.3 is 24.6 Å². The minimum atomic E-state index is -0.847. The van der Waals surface area contributed by atoms with Crippen molar-refractivity contribution in [1.29, 1.82) is 0 Å². The van der Waals surface area contributed by atoms with E-state index in [-0.39, 0.29) is 29.4 Å². The highest BCUT2D eigenvalue weighted by Gasteiger charge is 2.46. The van der Waals surface area contributed by atoms with E-state index < -0.39 is 17.7 Å². The third kappa shape index (κ3) is 4.32. The Labute approximate surface area is 197 Å². The summed E-state index contributed by atoms with van der Waals surface area (Å²) in [6.45, 7) is 0.266. The lowest BCUT2D eigenvalue weighted by atomic mass is 9.94. The van der Waals surface area contributed by atoms with Gasteiger partial charge in [-0.05, 0) is 53.9 Å². The standard InChI is InChI=1S/C27H25NO6/c1-33-20-11-8-18(9-12-20)25(30)23-24(19-10-13-21(29)22(16-19)34-2)28(27(32)26(23)31)15-14-17-6-4-3-5-7-17/h3-13,16,24,29-30H,14-15H2,1-2H3/b25-23+. The van der Waals surface area contributed by atoms with Gasteiger partial charge in [0.1, 0.15) is 11.5 Å². The molecular formula is C27H25NO6. The van der Waals surface area contributed by atoms with Crippen molar-refractivity contribution in [3.63, 3.8) is 0 Å². The summed E-state index contributed by atoms with van der Waals surface area (Å²) in [6.07, 6.45) is 0.530. The van der Waals surface area contributed by atoms with Gasteiger partial charge in [-0.25, -0.2) is 0 Å². The van der Waals surface area contributed by atoms with Crippen molar-refractivity contribution in [2.45, 2.75) is 12.5 Å². The van der Waals surface area contributed by atoms with Gasteiger partial charge in [0.15, 0.2) is 11.5 Å². The summed E-state index contributed by atoms with van der Waals surface area (Å²) in [5.74, 6) is -1.00. The second kappa shape index (κ2) is 9.70. The quantitative estimate of drug-likeness (QED) is 0.314. The Hall–Kier alpha value is -4.26. The number of carbonyl (C=O) groups excluding carboxylic acids is 2. The number of Topliss-reactive ketones (excluding diaryl/α,β-unsaturated/α-hetero) is 1. The number of ether oxygens (including phenoxy) is 2. The number of likely N-dealkylation sites (tertiary alicyclic amines) is 1. The van der Waals surface area contributed by atoms with Crippen molar-refractivity contribution in [1.82, 2.24) is 4.90 Å². The molecule has 1 amide bonds. The molecule has 7 nitrogen and oxygen atoms in total. The number of methoxy groups -OCH3 is 2. The first kappa shape index (κ1) is 22.9. The van der Waals surface area contributed by atoms with Crippen molar-refractivity contribution in [2.24, 2.45) is 0 Å². The van der Waals surface area contributed by atoms with Crippen LogP contribution in [0.25, 0.3) is 5.76 Å². The Morgan fingerprint density at radius 1 is 0.941 bits per heavy atom. The third-order valence-electron chi connectivity index (χ3n) is 5.91. The van der Waals surface area contributed by atoms with E-state index in [2.05, 4.69) is 0 Å². The number of hydrogen-bond donors (Lipinski definition) is 2. The minimum Gasteiger partial charge on any atom is -0.507 e. The van der Waals surface area contributed by atoms with Crippen molar-refractivity contribution in [2.75, 3.05) is 20.8 Å². The van der Waals surface area contributed by atoms with Crippen LogP contribution in [0.3, 0.4) is 0 Å². The van der Waals surface area contributed by atoms with Crippen molar-refractivity contribution in [3.05, 3.63) is 95.1 Å². The highest BCUT2D eigenvalue weighted by Crippen LogP contribution is 2.41. The van der Waals surface area contributed by atoms with Crippen LogP contribution < -0.4 is 9.47 Å². The van der Waals surface area contributed by atoms with Crippen LogP contribution in [-0.2, 0) is 16.0 Å². The second-order valence-corrected chi connectivity index (χ2v) is 7.89. The molecule has 1 atom stereocenters. The summed E-state index contributed by atoms with van der Waals surface area (Å²) in [5, 5.41) is 21.2. The monoisotopic (exact) mass is 459 g/mol. The first-order valence-corrected chi connectivity index (χ1v) is 10.8. The lowest BCUT2D eigenvalue weighted by Crippen LogP contribution is -2.31. The maximum Gasteiger partial charge on any atom is 0.295 e. The number of nitrogens with zero attached hydrogens (tertiary/aromatic N) is 1. The zero-order valence-electron chi connectivity index (χ0n) is 18.9. The van der Waals surface area contributed by atoms with Gasteiger partial charge in [-0.1, -0.05) is 36.4 Å². The summed E-state index contributed by atoms with van der Waals surface area (Å²) >= 11 is 0. The van der Waals surface area contributed by atoms with E-state index in [9.17, 15) is 19.8 Å². The highest BCUT2D eigenvalue weighted by molar-refractivity contribution is 6.46. The van der Waals surface area contributed by atoms with Gasteiger partial charge in [-0.3, -0.25) is 9.59 Å². The number of carbonyl (C=O) groups is 2. The molecule has 0 bridgehead atoms. The molecule has 3 aromatic rings. The Morgan fingerprint density at radius 2 is 1.65 bits per heavy atom. The predicted molar refractivity (Wildman–Crippen MR) is 127 cm³/mol. The molecule has 34 heavy (non-hydrogen) atoms. The molecule has 0 aliphatic carbocycles. The number of amides is 1. The summed E-state index contributed by atoms with van der Waals surface area (Å²) in [6, 6.07) is 20.0. The molecule has 1 heterocycles. The van der Waals surface area contributed by atoms with Gasteiger partial charge in [0.2, 0.25) is 0 Å². The Bertz CT molecular complexity index is 1230. The number of aliphatic hydroxyl groups is 1. The lowest BCUT2D eigenvalue weighted by molar-refractivity contribution is -0.139. The van der Waals surface area contributed by atoms with Crippen LogP contribution >= 0.6 is 0 Å². The molecule has 4 rings (SSSR count). The molecule has 1 aliphatic rings. The number of phenolic OH excluding ortho intramolecular Hbond substituents is 1. The molecule has 1 aliphatic heterocycles. The topological polar surface area (TPSA) is 96.3 Å². The molecular weight excluding hydrogens is 434 g/mol. The molecule has 0 saturated carbocycles. The summed E-state index contributed by atoms with van der Waals surface area (Å²) in [5.41, 5.74) is 1.92. The zero-order valence-corrected chi connectivity index (χ0v) is 18.9. The second-order valence-electron chi connectivity index (χ2n) is 7.89. The fourth-order valence-corrected chi connectivity index (χ4v) is 4.12. The molecule has 0 spiro atoms. The van der Waals surface area contributed by atoms with Crippen molar-refractivity contribution in [3.8, 4) is 17.2 Å². The average molecular weight is 459 g/mol. The summed E-state index contributed by atoms with van der Waals surface area (Å²) in [7, 11) is 2.95. The molecule has 0 radical (unpaired) electrons. The van der Waals surface area contributed by atoms with Gasteiger partial charge in [0.25, 0.3) is 11.7 Å². The van der Waals surface area contributed by atoms with E-state index in [0.29, 0.717) is 23.3 Å². The molecule has 0 aromatic heterocycles. The highest BCUT2D eigenvalue weighted by atomic mass is 16.5.